The molecule has 0 aliphatic rings. The van der Waals surface area contributed by atoms with E-state index in [2.05, 4.69) is 5.32 Å². The Kier molecular flexibility index (Phi) is 14.6. The molecule has 0 heterocycles. The van der Waals surface area contributed by atoms with E-state index < -0.39 is 0 Å². The minimum atomic E-state index is 0. The maximum absolute atomic E-state index is 10.3. The average Bonchev–Trinajstić information content (AvgIpc) is 2.15. The lowest BCUT2D eigenvalue weighted by molar-refractivity contribution is -0.127. The maximum atomic E-state index is 10.3. The van der Waals surface area contributed by atoms with Crippen LogP contribution in [-0.2, 0) is 9.59 Å². The highest BCUT2D eigenvalue weighted by atomic mass is 16.2. The van der Waals surface area contributed by atoms with Gasteiger partial charge in [0.15, 0.2) is 0 Å². The molecule has 0 saturated carbocycles. The zero-order valence-corrected chi connectivity index (χ0v) is 10.0. The Labute approximate surface area is 94.0 Å². The molecular formula is C11H26N2O2. The van der Waals surface area contributed by atoms with Gasteiger partial charge in [-0.15, -0.1) is 0 Å². The second kappa shape index (κ2) is 11.2. The standard InChI is InChI=1S/2C5H11NO.CH4/c1-4-6(3)5(2)7;1-4(6-3)5(2)7;/h4H2,1-3H3;4,6H,1-3H3;1H4. The topological polar surface area (TPSA) is 49.4 Å². The lowest BCUT2D eigenvalue weighted by atomic mass is 10.2. The summed E-state index contributed by atoms with van der Waals surface area (Å²) in [6.07, 6.45) is 0. The van der Waals surface area contributed by atoms with Crippen LogP contribution in [0.1, 0.15) is 35.1 Å². The molecule has 0 saturated heterocycles. The molecule has 0 spiro atoms. The van der Waals surface area contributed by atoms with E-state index in [1.807, 2.05) is 13.8 Å². The van der Waals surface area contributed by atoms with E-state index in [0.717, 1.165) is 6.54 Å². The molecule has 0 aromatic carbocycles. The van der Waals surface area contributed by atoms with Crippen molar-refractivity contribution < 1.29 is 9.59 Å². The lowest BCUT2D eigenvalue weighted by Crippen LogP contribution is -2.28. The molecule has 1 amide bonds. The van der Waals surface area contributed by atoms with Crippen LogP contribution in [-0.4, -0.2) is 43.3 Å². The van der Waals surface area contributed by atoms with Crippen LogP contribution in [0.25, 0.3) is 0 Å². The Morgan fingerprint density at radius 1 is 1.33 bits per heavy atom. The van der Waals surface area contributed by atoms with Crippen molar-refractivity contribution in [2.45, 2.75) is 41.2 Å². The zero-order chi connectivity index (χ0) is 11.7. The molecule has 1 atom stereocenters. The van der Waals surface area contributed by atoms with Gasteiger partial charge in [-0.1, -0.05) is 7.43 Å². The van der Waals surface area contributed by atoms with Gasteiger partial charge in [0, 0.05) is 20.5 Å². The number of Topliss-reactive ketones (excluding diaryl/α,β-unsaturated/α-hetero) is 1. The van der Waals surface area contributed by atoms with Gasteiger partial charge < -0.3 is 10.2 Å². The number of ketones is 1. The summed E-state index contributed by atoms with van der Waals surface area (Å²) < 4.78 is 0. The van der Waals surface area contributed by atoms with Crippen molar-refractivity contribution in [2.75, 3.05) is 20.6 Å². The van der Waals surface area contributed by atoms with Crippen molar-refractivity contribution in [3.8, 4) is 0 Å². The van der Waals surface area contributed by atoms with E-state index in [9.17, 15) is 9.59 Å². The molecule has 0 aromatic heterocycles. The summed E-state index contributed by atoms with van der Waals surface area (Å²) >= 11 is 0. The van der Waals surface area contributed by atoms with E-state index in [1.54, 1.807) is 32.8 Å². The third-order valence-corrected chi connectivity index (χ3v) is 2.05. The third kappa shape index (κ3) is 13.1. The fraction of sp³-hybridized carbons (Fsp3) is 0.818. The van der Waals surface area contributed by atoms with E-state index in [4.69, 9.17) is 0 Å². The summed E-state index contributed by atoms with van der Waals surface area (Å²) in [5, 5.41) is 2.81. The summed E-state index contributed by atoms with van der Waals surface area (Å²) in [7, 11) is 3.55. The molecule has 0 fully saturated rings. The van der Waals surface area contributed by atoms with Gasteiger partial charge >= 0.3 is 0 Å². The van der Waals surface area contributed by atoms with Gasteiger partial charge in [0.25, 0.3) is 0 Å². The van der Waals surface area contributed by atoms with Crippen LogP contribution in [0.3, 0.4) is 0 Å². The molecule has 92 valence electrons. The fourth-order valence-electron chi connectivity index (χ4n) is 0.426. The summed E-state index contributed by atoms with van der Waals surface area (Å²) in [5.41, 5.74) is 0. The second-order valence-electron chi connectivity index (χ2n) is 3.15. The highest BCUT2D eigenvalue weighted by Crippen LogP contribution is 1.78. The van der Waals surface area contributed by atoms with Crippen molar-refractivity contribution in [3.05, 3.63) is 0 Å². The van der Waals surface area contributed by atoms with Gasteiger partial charge in [-0.05, 0) is 27.8 Å². The molecule has 15 heavy (non-hydrogen) atoms. The largest absolute Gasteiger partial charge is 0.346 e. The molecule has 0 aliphatic heterocycles. The summed E-state index contributed by atoms with van der Waals surface area (Å²) in [5.74, 6) is 0.310. The normalized spacial score (nSPS) is 10.3. The molecule has 4 nitrogen and oxygen atoms in total. The Balaban J connectivity index is -0.000000180. The number of nitrogens with one attached hydrogen (secondary N) is 1. The third-order valence-electron chi connectivity index (χ3n) is 2.05. The monoisotopic (exact) mass is 218 g/mol. The first-order valence-corrected chi connectivity index (χ1v) is 4.76. The molecule has 1 N–H and O–H groups in total. The molecule has 0 radical (unpaired) electrons. The molecule has 1 unspecified atom stereocenters. The van der Waals surface area contributed by atoms with Gasteiger partial charge in [0.2, 0.25) is 5.91 Å². The number of nitrogens with zero attached hydrogens (tertiary/aromatic N) is 1. The van der Waals surface area contributed by atoms with Crippen molar-refractivity contribution in [3.63, 3.8) is 0 Å². The van der Waals surface area contributed by atoms with Crippen LogP contribution in [0, 0.1) is 0 Å². The first kappa shape index (κ1) is 19.6. The lowest BCUT2D eigenvalue weighted by Gasteiger charge is -2.09. The van der Waals surface area contributed by atoms with Gasteiger partial charge in [-0.3, -0.25) is 9.59 Å². The molecular weight excluding hydrogens is 192 g/mol. The number of hydrogen-bond donors (Lipinski definition) is 1. The summed E-state index contributed by atoms with van der Waals surface area (Å²) in [6, 6.07) is 0.0139. The number of amides is 1. The van der Waals surface area contributed by atoms with Crippen LogP contribution in [0.2, 0.25) is 0 Å². The Morgan fingerprint density at radius 2 is 1.73 bits per heavy atom. The predicted molar refractivity (Wildman–Crippen MR) is 64.9 cm³/mol. The van der Waals surface area contributed by atoms with E-state index in [0.29, 0.717) is 0 Å². The van der Waals surface area contributed by atoms with Crippen molar-refractivity contribution in [2.24, 2.45) is 0 Å². The molecule has 0 aromatic rings. The van der Waals surface area contributed by atoms with Crippen LogP contribution < -0.4 is 5.32 Å². The minimum absolute atomic E-state index is 0. The van der Waals surface area contributed by atoms with Gasteiger partial charge in [-0.2, -0.15) is 0 Å². The first-order valence-electron chi connectivity index (χ1n) is 4.76. The first-order chi connectivity index (χ1) is 6.36. The van der Waals surface area contributed by atoms with Crippen molar-refractivity contribution in [1.82, 2.24) is 10.2 Å². The van der Waals surface area contributed by atoms with Crippen LogP contribution in [0.5, 0.6) is 0 Å². The quantitative estimate of drug-likeness (QED) is 0.777. The van der Waals surface area contributed by atoms with Crippen LogP contribution in [0.15, 0.2) is 0 Å². The smallest absolute Gasteiger partial charge is 0.219 e. The highest BCUT2D eigenvalue weighted by molar-refractivity contribution is 5.80. The van der Waals surface area contributed by atoms with E-state index in [-0.39, 0.29) is 25.2 Å². The maximum Gasteiger partial charge on any atom is 0.219 e. The Hall–Kier alpha value is -0.900. The Morgan fingerprint density at radius 3 is 1.73 bits per heavy atom. The molecule has 4 heteroatoms. The predicted octanol–water partition coefficient (Wildman–Crippen LogP) is 1.30. The summed E-state index contributed by atoms with van der Waals surface area (Å²) in [6.45, 7) is 7.71. The Bertz CT molecular complexity index is 161. The second-order valence-corrected chi connectivity index (χ2v) is 3.15. The van der Waals surface area contributed by atoms with E-state index in [1.165, 1.54) is 0 Å². The van der Waals surface area contributed by atoms with E-state index >= 15 is 0 Å². The zero-order valence-electron chi connectivity index (χ0n) is 10.0. The van der Waals surface area contributed by atoms with Gasteiger partial charge in [0.05, 0.1) is 6.04 Å². The average molecular weight is 218 g/mol. The molecule has 0 aliphatic carbocycles. The number of hydrogen-bond acceptors (Lipinski definition) is 3. The number of rotatable bonds is 3. The highest BCUT2D eigenvalue weighted by Gasteiger charge is 2.00. The minimum Gasteiger partial charge on any atom is -0.346 e. The number of likely N-dealkylation sites (N-methyl/N-ethyl adjacent to an activating group) is 1. The molecule has 0 rings (SSSR count). The fourth-order valence-corrected chi connectivity index (χ4v) is 0.426. The van der Waals surface area contributed by atoms with Crippen molar-refractivity contribution in [1.29, 1.82) is 0 Å². The van der Waals surface area contributed by atoms with Gasteiger partial charge in [-0.25, -0.2) is 0 Å². The van der Waals surface area contributed by atoms with Crippen molar-refractivity contribution >= 4 is 11.7 Å². The van der Waals surface area contributed by atoms with Crippen LogP contribution in [0.4, 0.5) is 0 Å². The van der Waals surface area contributed by atoms with Gasteiger partial charge in [0.1, 0.15) is 5.78 Å². The summed E-state index contributed by atoms with van der Waals surface area (Å²) in [4.78, 5) is 22.3. The number of carbonyl (C=O) groups excluding carboxylic acids is 2. The number of carbonyl (C=O) groups is 2. The SMILES string of the molecule is C.CCN(C)C(C)=O.CNC(C)C(C)=O. The molecule has 0 bridgehead atoms. The van der Waals surface area contributed by atoms with Crippen LogP contribution >= 0.6 is 0 Å².